The molecule has 0 fully saturated rings. The van der Waals surface area contributed by atoms with Crippen molar-refractivity contribution < 1.29 is 4.74 Å². The summed E-state index contributed by atoms with van der Waals surface area (Å²) < 4.78 is 5.38. The standard InChI is InChI=1S/C16H20ClN3O/c1-3-11-4-6-13(19-10-11)9-15(20-18)14-8-12(17)5-7-16(14)21-2/h4-8,10,15,20H,3,9,18H2,1-2H3. The highest BCUT2D eigenvalue weighted by Gasteiger charge is 2.16. The molecular formula is C16H20ClN3O. The van der Waals surface area contributed by atoms with Crippen LogP contribution in [0.15, 0.2) is 36.5 Å². The molecule has 0 saturated heterocycles. The maximum atomic E-state index is 6.08. The fraction of sp³-hybridized carbons (Fsp3) is 0.312. The van der Waals surface area contributed by atoms with E-state index in [0.29, 0.717) is 11.4 Å². The summed E-state index contributed by atoms with van der Waals surface area (Å²) in [4.78, 5) is 4.47. The summed E-state index contributed by atoms with van der Waals surface area (Å²) in [6, 6.07) is 9.51. The second-order valence-corrected chi connectivity index (χ2v) is 5.26. The number of halogens is 1. The summed E-state index contributed by atoms with van der Waals surface area (Å²) >= 11 is 6.08. The maximum absolute atomic E-state index is 6.08. The van der Waals surface area contributed by atoms with E-state index in [0.717, 1.165) is 23.4 Å². The number of nitrogens with zero attached hydrogens (tertiary/aromatic N) is 1. The third-order valence-corrected chi connectivity index (χ3v) is 3.71. The molecule has 0 aliphatic rings. The minimum atomic E-state index is -0.112. The first kappa shape index (κ1) is 15.8. The van der Waals surface area contributed by atoms with Crippen LogP contribution in [-0.2, 0) is 12.8 Å². The summed E-state index contributed by atoms with van der Waals surface area (Å²) in [5, 5.41) is 0.653. The van der Waals surface area contributed by atoms with E-state index in [9.17, 15) is 0 Å². The monoisotopic (exact) mass is 305 g/mol. The smallest absolute Gasteiger partial charge is 0.123 e. The highest BCUT2D eigenvalue weighted by Crippen LogP contribution is 2.29. The van der Waals surface area contributed by atoms with Crippen LogP contribution < -0.4 is 16.0 Å². The second kappa shape index (κ2) is 7.41. The van der Waals surface area contributed by atoms with Crippen LogP contribution in [-0.4, -0.2) is 12.1 Å². The molecule has 112 valence electrons. The quantitative estimate of drug-likeness (QED) is 0.636. The van der Waals surface area contributed by atoms with Crippen molar-refractivity contribution in [3.05, 3.63) is 58.4 Å². The molecule has 21 heavy (non-hydrogen) atoms. The molecule has 1 heterocycles. The number of aromatic nitrogens is 1. The minimum absolute atomic E-state index is 0.112. The number of ether oxygens (including phenoxy) is 1. The Kier molecular flexibility index (Phi) is 5.56. The van der Waals surface area contributed by atoms with E-state index in [1.807, 2.05) is 24.4 Å². The van der Waals surface area contributed by atoms with Gasteiger partial charge in [0.1, 0.15) is 5.75 Å². The number of rotatable bonds is 6. The van der Waals surface area contributed by atoms with Gasteiger partial charge in [0.2, 0.25) is 0 Å². The molecule has 4 nitrogen and oxygen atoms in total. The Hall–Kier alpha value is -1.62. The van der Waals surface area contributed by atoms with Crippen LogP contribution >= 0.6 is 11.6 Å². The zero-order chi connectivity index (χ0) is 15.2. The highest BCUT2D eigenvalue weighted by molar-refractivity contribution is 6.30. The third kappa shape index (κ3) is 3.94. The predicted molar refractivity (Wildman–Crippen MR) is 85.4 cm³/mol. The summed E-state index contributed by atoms with van der Waals surface area (Å²) in [6.45, 7) is 2.11. The molecule has 0 aliphatic heterocycles. The number of benzene rings is 1. The highest BCUT2D eigenvalue weighted by atomic mass is 35.5. The number of pyridine rings is 1. The van der Waals surface area contributed by atoms with Crippen LogP contribution in [0.5, 0.6) is 5.75 Å². The molecule has 5 heteroatoms. The van der Waals surface area contributed by atoms with Crippen molar-refractivity contribution in [2.45, 2.75) is 25.8 Å². The lowest BCUT2D eigenvalue weighted by Crippen LogP contribution is -2.30. The number of nitrogens with two attached hydrogens (primary N) is 1. The average Bonchev–Trinajstić information content (AvgIpc) is 2.53. The van der Waals surface area contributed by atoms with Crippen molar-refractivity contribution in [3.63, 3.8) is 0 Å². The van der Waals surface area contributed by atoms with Gasteiger partial charge in [-0.3, -0.25) is 16.3 Å². The molecule has 0 bridgehead atoms. The van der Waals surface area contributed by atoms with Crippen LogP contribution in [0.25, 0.3) is 0 Å². The minimum Gasteiger partial charge on any atom is -0.496 e. The van der Waals surface area contributed by atoms with E-state index < -0.39 is 0 Å². The van der Waals surface area contributed by atoms with Crippen molar-refractivity contribution in [2.24, 2.45) is 5.84 Å². The number of methoxy groups -OCH3 is 1. The van der Waals surface area contributed by atoms with Gasteiger partial charge in [-0.15, -0.1) is 0 Å². The van der Waals surface area contributed by atoms with Crippen molar-refractivity contribution in [1.29, 1.82) is 0 Å². The Morgan fingerprint density at radius 2 is 2.14 bits per heavy atom. The molecule has 0 saturated carbocycles. The first-order chi connectivity index (χ1) is 10.2. The summed E-state index contributed by atoms with van der Waals surface area (Å²) in [5.74, 6) is 6.46. The van der Waals surface area contributed by atoms with E-state index in [1.54, 1.807) is 13.2 Å². The number of hydrogen-bond acceptors (Lipinski definition) is 4. The van der Waals surface area contributed by atoms with E-state index in [1.165, 1.54) is 5.56 Å². The fourth-order valence-electron chi connectivity index (χ4n) is 2.23. The van der Waals surface area contributed by atoms with Crippen LogP contribution in [0.1, 0.15) is 29.8 Å². The predicted octanol–water partition coefficient (Wildman–Crippen LogP) is 3.05. The molecule has 3 N–H and O–H groups in total. The van der Waals surface area contributed by atoms with Crippen LogP contribution in [0.4, 0.5) is 0 Å². The lowest BCUT2D eigenvalue weighted by atomic mass is 10.0. The Morgan fingerprint density at radius 1 is 1.33 bits per heavy atom. The van der Waals surface area contributed by atoms with Crippen LogP contribution in [0, 0.1) is 0 Å². The van der Waals surface area contributed by atoms with Crippen molar-refractivity contribution in [2.75, 3.05) is 7.11 Å². The van der Waals surface area contributed by atoms with E-state index in [2.05, 4.69) is 23.4 Å². The third-order valence-electron chi connectivity index (χ3n) is 3.48. The topological polar surface area (TPSA) is 60.2 Å². The summed E-state index contributed by atoms with van der Waals surface area (Å²) in [6.07, 6.45) is 3.54. The first-order valence-corrected chi connectivity index (χ1v) is 7.29. The number of hydrazine groups is 1. The zero-order valence-electron chi connectivity index (χ0n) is 12.3. The zero-order valence-corrected chi connectivity index (χ0v) is 13.0. The molecule has 0 spiro atoms. The number of nitrogens with one attached hydrogen (secondary N) is 1. The lowest BCUT2D eigenvalue weighted by molar-refractivity contribution is 0.398. The van der Waals surface area contributed by atoms with Gasteiger partial charge in [0.05, 0.1) is 13.2 Å². The van der Waals surface area contributed by atoms with Crippen LogP contribution in [0.3, 0.4) is 0 Å². The largest absolute Gasteiger partial charge is 0.496 e. The normalized spacial score (nSPS) is 12.2. The van der Waals surface area contributed by atoms with Gasteiger partial charge in [-0.2, -0.15) is 0 Å². The second-order valence-electron chi connectivity index (χ2n) is 4.82. The SMILES string of the molecule is CCc1ccc(CC(NN)c2cc(Cl)ccc2OC)nc1. The van der Waals surface area contributed by atoms with E-state index in [4.69, 9.17) is 22.2 Å². The molecule has 0 radical (unpaired) electrons. The molecule has 2 rings (SSSR count). The number of aryl methyl sites for hydroxylation is 1. The van der Waals surface area contributed by atoms with Gasteiger partial charge < -0.3 is 4.74 Å². The average molecular weight is 306 g/mol. The molecule has 1 unspecified atom stereocenters. The fourth-order valence-corrected chi connectivity index (χ4v) is 2.41. The van der Waals surface area contributed by atoms with Gasteiger partial charge in [0.15, 0.2) is 0 Å². The molecule has 0 amide bonds. The molecule has 2 aromatic rings. The maximum Gasteiger partial charge on any atom is 0.123 e. The lowest BCUT2D eigenvalue weighted by Gasteiger charge is -2.19. The molecule has 1 aromatic carbocycles. The van der Waals surface area contributed by atoms with E-state index >= 15 is 0 Å². The Morgan fingerprint density at radius 3 is 2.71 bits per heavy atom. The van der Waals surface area contributed by atoms with E-state index in [-0.39, 0.29) is 6.04 Å². The van der Waals surface area contributed by atoms with Crippen molar-refractivity contribution in [3.8, 4) is 5.75 Å². The van der Waals surface area contributed by atoms with Gasteiger partial charge in [0.25, 0.3) is 0 Å². The van der Waals surface area contributed by atoms with Gasteiger partial charge in [0, 0.05) is 28.9 Å². The van der Waals surface area contributed by atoms with Crippen LogP contribution in [0.2, 0.25) is 5.02 Å². The van der Waals surface area contributed by atoms with Gasteiger partial charge in [-0.1, -0.05) is 24.6 Å². The van der Waals surface area contributed by atoms with Gasteiger partial charge in [-0.05, 0) is 36.2 Å². The first-order valence-electron chi connectivity index (χ1n) is 6.91. The van der Waals surface area contributed by atoms with Crippen molar-refractivity contribution >= 4 is 11.6 Å². The molecular weight excluding hydrogens is 286 g/mol. The number of hydrogen-bond donors (Lipinski definition) is 2. The summed E-state index contributed by atoms with van der Waals surface area (Å²) in [5.41, 5.74) is 5.93. The van der Waals surface area contributed by atoms with Gasteiger partial charge in [-0.25, -0.2) is 0 Å². The molecule has 1 aromatic heterocycles. The summed E-state index contributed by atoms with van der Waals surface area (Å²) in [7, 11) is 1.63. The van der Waals surface area contributed by atoms with Gasteiger partial charge >= 0.3 is 0 Å². The Balaban J connectivity index is 2.24. The molecule has 0 aliphatic carbocycles. The van der Waals surface area contributed by atoms with Crippen molar-refractivity contribution in [1.82, 2.24) is 10.4 Å². The molecule has 1 atom stereocenters. The Labute approximate surface area is 130 Å². The Bertz CT molecular complexity index is 587.